The van der Waals surface area contributed by atoms with Crippen LogP contribution in [0.15, 0.2) is 30.3 Å². The minimum Gasteiger partial charge on any atom is -0.327 e. The van der Waals surface area contributed by atoms with Crippen LogP contribution in [0.2, 0.25) is 0 Å². The molecule has 2 atom stereocenters. The molecular weight excluding hydrogens is 242 g/mol. The highest BCUT2D eigenvalue weighted by Crippen LogP contribution is 2.20. The second-order valence-electron chi connectivity index (χ2n) is 6.11. The number of benzene rings is 1. The molecule has 0 radical (unpaired) electrons. The van der Waals surface area contributed by atoms with Gasteiger partial charge in [-0.25, -0.2) is 0 Å². The van der Waals surface area contributed by atoms with Crippen molar-refractivity contribution < 1.29 is 0 Å². The molecule has 0 aliphatic heterocycles. The van der Waals surface area contributed by atoms with Crippen LogP contribution in [0.5, 0.6) is 0 Å². The van der Waals surface area contributed by atoms with Crippen LogP contribution in [0.25, 0.3) is 0 Å². The van der Waals surface area contributed by atoms with Crippen molar-refractivity contribution in [3.05, 3.63) is 35.9 Å². The summed E-state index contributed by atoms with van der Waals surface area (Å²) in [5, 5.41) is 0. The average molecular weight is 275 g/mol. The predicted octanol–water partition coefficient (Wildman–Crippen LogP) is 5.33. The van der Waals surface area contributed by atoms with Gasteiger partial charge in [0.15, 0.2) is 0 Å². The highest BCUT2D eigenvalue weighted by atomic mass is 14.6. The summed E-state index contributed by atoms with van der Waals surface area (Å²) in [5.74, 6) is 0.647. The molecule has 114 valence electrons. The van der Waals surface area contributed by atoms with Crippen molar-refractivity contribution in [3.8, 4) is 0 Å². The van der Waals surface area contributed by atoms with Crippen LogP contribution >= 0.6 is 0 Å². The summed E-state index contributed by atoms with van der Waals surface area (Å²) < 4.78 is 0. The van der Waals surface area contributed by atoms with E-state index in [-0.39, 0.29) is 0 Å². The molecule has 1 heteroatoms. The lowest BCUT2D eigenvalue weighted by Gasteiger charge is -2.24. The van der Waals surface area contributed by atoms with Gasteiger partial charge in [0, 0.05) is 6.04 Å². The van der Waals surface area contributed by atoms with Gasteiger partial charge in [0.1, 0.15) is 0 Å². The summed E-state index contributed by atoms with van der Waals surface area (Å²) in [7, 11) is 0. The van der Waals surface area contributed by atoms with Gasteiger partial charge < -0.3 is 5.73 Å². The first kappa shape index (κ1) is 17.2. The first-order valence-corrected chi connectivity index (χ1v) is 8.57. The molecule has 0 aliphatic rings. The zero-order valence-electron chi connectivity index (χ0n) is 13.5. The fourth-order valence-corrected chi connectivity index (χ4v) is 2.97. The Hall–Kier alpha value is -0.820. The standard InChI is InChI=1S/C19H33N/c1-3-5-6-7-11-15-19(20)18(12-4-2)16-17-13-9-8-10-14-17/h8-10,13-14,18-19H,3-7,11-12,15-16,20H2,1-2H3. The summed E-state index contributed by atoms with van der Waals surface area (Å²) in [5.41, 5.74) is 7.90. The van der Waals surface area contributed by atoms with Gasteiger partial charge in [0.2, 0.25) is 0 Å². The van der Waals surface area contributed by atoms with Crippen LogP contribution in [0, 0.1) is 5.92 Å². The van der Waals surface area contributed by atoms with Gasteiger partial charge in [0.05, 0.1) is 0 Å². The van der Waals surface area contributed by atoms with Crippen molar-refractivity contribution in [1.29, 1.82) is 0 Å². The Balaban J connectivity index is 2.36. The first-order valence-electron chi connectivity index (χ1n) is 8.57. The van der Waals surface area contributed by atoms with Gasteiger partial charge in [-0.05, 0) is 30.7 Å². The lowest BCUT2D eigenvalue weighted by Crippen LogP contribution is -2.31. The number of hydrogen-bond acceptors (Lipinski definition) is 1. The van der Waals surface area contributed by atoms with E-state index in [2.05, 4.69) is 44.2 Å². The smallest absolute Gasteiger partial charge is 0.00703 e. The third-order valence-electron chi connectivity index (χ3n) is 4.25. The second-order valence-corrected chi connectivity index (χ2v) is 6.11. The number of unbranched alkanes of at least 4 members (excludes halogenated alkanes) is 4. The monoisotopic (exact) mass is 275 g/mol. The largest absolute Gasteiger partial charge is 0.327 e. The van der Waals surface area contributed by atoms with Crippen LogP contribution in [0.4, 0.5) is 0 Å². The van der Waals surface area contributed by atoms with E-state index in [0.717, 1.165) is 6.42 Å². The molecule has 1 aromatic rings. The molecule has 0 bridgehead atoms. The maximum atomic E-state index is 6.47. The SMILES string of the molecule is CCCCCCCC(N)C(CCC)Cc1ccccc1. The molecule has 1 aromatic carbocycles. The topological polar surface area (TPSA) is 26.0 Å². The molecule has 1 nitrogen and oxygen atoms in total. The van der Waals surface area contributed by atoms with Gasteiger partial charge in [-0.2, -0.15) is 0 Å². The minimum absolute atomic E-state index is 0.372. The minimum atomic E-state index is 0.372. The van der Waals surface area contributed by atoms with E-state index >= 15 is 0 Å². The van der Waals surface area contributed by atoms with E-state index in [1.165, 1.54) is 56.9 Å². The highest BCUT2D eigenvalue weighted by molar-refractivity contribution is 5.15. The average Bonchev–Trinajstić information content (AvgIpc) is 2.47. The third kappa shape index (κ3) is 7.09. The van der Waals surface area contributed by atoms with E-state index in [1.54, 1.807) is 0 Å². The third-order valence-corrected chi connectivity index (χ3v) is 4.25. The predicted molar refractivity (Wildman–Crippen MR) is 89.9 cm³/mol. The number of hydrogen-bond donors (Lipinski definition) is 1. The van der Waals surface area contributed by atoms with E-state index < -0.39 is 0 Å². The molecule has 0 spiro atoms. The van der Waals surface area contributed by atoms with Gasteiger partial charge in [-0.15, -0.1) is 0 Å². The van der Waals surface area contributed by atoms with Gasteiger partial charge in [0.25, 0.3) is 0 Å². The molecule has 0 aliphatic carbocycles. The van der Waals surface area contributed by atoms with Crippen LogP contribution < -0.4 is 5.73 Å². The van der Waals surface area contributed by atoms with Gasteiger partial charge in [-0.3, -0.25) is 0 Å². The molecule has 2 N–H and O–H groups in total. The summed E-state index contributed by atoms with van der Waals surface area (Å²) >= 11 is 0. The van der Waals surface area contributed by atoms with Crippen LogP contribution in [0.1, 0.15) is 70.8 Å². The lowest BCUT2D eigenvalue weighted by molar-refractivity contribution is 0.359. The second kappa shape index (κ2) is 10.9. The maximum absolute atomic E-state index is 6.47. The van der Waals surface area contributed by atoms with Crippen LogP contribution in [-0.4, -0.2) is 6.04 Å². The van der Waals surface area contributed by atoms with Crippen molar-refractivity contribution in [3.63, 3.8) is 0 Å². The molecule has 0 fully saturated rings. The molecule has 1 rings (SSSR count). The highest BCUT2D eigenvalue weighted by Gasteiger charge is 2.17. The molecule has 0 heterocycles. The zero-order chi connectivity index (χ0) is 14.6. The van der Waals surface area contributed by atoms with Crippen LogP contribution in [-0.2, 0) is 6.42 Å². The maximum Gasteiger partial charge on any atom is 0.00703 e. The Morgan fingerprint density at radius 2 is 1.55 bits per heavy atom. The molecule has 20 heavy (non-hydrogen) atoms. The van der Waals surface area contributed by atoms with E-state index in [4.69, 9.17) is 5.73 Å². The molecule has 0 aromatic heterocycles. The van der Waals surface area contributed by atoms with E-state index in [9.17, 15) is 0 Å². The van der Waals surface area contributed by atoms with E-state index in [1.807, 2.05) is 0 Å². The molecule has 0 saturated carbocycles. The van der Waals surface area contributed by atoms with Crippen molar-refractivity contribution in [1.82, 2.24) is 0 Å². The Morgan fingerprint density at radius 1 is 0.850 bits per heavy atom. The van der Waals surface area contributed by atoms with Crippen LogP contribution in [0.3, 0.4) is 0 Å². The molecule has 2 unspecified atom stereocenters. The van der Waals surface area contributed by atoms with Gasteiger partial charge in [-0.1, -0.05) is 82.7 Å². The quantitative estimate of drug-likeness (QED) is 0.542. The van der Waals surface area contributed by atoms with Crippen molar-refractivity contribution in [2.24, 2.45) is 11.7 Å². The number of rotatable bonds is 11. The Kier molecular flexibility index (Phi) is 9.40. The Labute approximate surface area is 126 Å². The van der Waals surface area contributed by atoms with Crippen molar-refractivity contribution in [2.45, 2.75) is 77.7 Å². The summed E-state index contributed by atoms with van der Waals surface area (Å²) in [6.45, 7) is 4.54. The fourth-order valence-electron chi connectivity index (χ4n) is 2.97. The number of nitrogens with two attached hydrogens (primary N) is 1. The summed E-state index contributed by atoms with van der Waals surface area (Å²) in [4.78, 5) is 0. The zero-order valence-corrected chi connectivity index (χ0v) is 13.5. The Morgan fingerprint density at radius 3 is 2.20 bits per heavy atom. The van der Waals surface area contributed by atoms with Crippen molar-refractivity contribution in [2.75, 3.05) is 0 Å². The normalized spacial score (nSPS) is 14.2. The van der Waals surface area contributed by atoms with Crippen molar-refractivity contribution >= 4 is 0 Å². The summed E-state index contributed by atoms with van der Waals surface area (Å²) in [6.07, 6.45) is 11.6. The lowest BCUT2D eigenvalue weighted by atomic mass is 9.86. The molecular formula is C19H33N. The molecule has 0 saturated heterocycles. The van der Waals surface area contributed by atoms with Gasteiger partial charge >= 0.3 is 0 Å². The summed E-state index contributed by atoms with van der Waals surface area (Å²) in [6, 6.07) is 11.2. The first-order chi connectivity index (χ1) is 9.77. The molecule has 0 amide bonds. The van der Waals surface area contributed by atoms with E-state index in [0.29, 0.717) is 12.0 Å². The fraction of sp³-hybridized carbons (Fsp3) is 0.684. The Bertz CT molecular complexity index is 320.